The van der Waals surface area contributed by atoms with Crippen molar-refractivity contribution in [3.05, 3.63) is 17.8 Å². The van der Waals surface area contributed by atoms with E-state index < -0.39 is 0 Å². The van der Waals surface area contributed by atoms with Crippen LogP contribution in [0.4, 0.5) is 5.69 Å². The van der Waals surface area contributed by atoms with Gasteiger partial charge in [0.05, 0.1) is 5.69 Å². The van der Waals surface area contributed by atoms with Crippen molar-refractivity contribution >= 4 is 17.4 Å². The number of anilines is 1. The summed E-state index contributed by atoms with van der Waals surface area (Å²) in [5.41, 5.74) is 7.46. The zero-order chi connectivity index (χ0) is 10.6. The third kappa shape index (κ3) is 3.20. The Morgan fingerprint density at radius 2 is 2.29 bits per heavy atom. The maximum absolute atomic E-state index is 8.87. The van der Waals surface area contributed by atoms with Gasteiger partial charge in [-0.2, -0.15) is 0 Å². The largest absolute Gasteiger partial charge is 0.397 e. The average Bonchev–Trinajstić information content (AvgIpc) is 2.19. The predicted octanol–water partition coefficient (Wildman–Crippen LogP) is 1.69. The van der Waals surface area contributed by atoms with E-state index in [4.69, 9.17) is 10.8 Å². The molecule has 1 aromatic rings. The smallest absolute Gasteiger partial charge is 0.119 e. The van der Waals surface area contributed by atoms with E-state index in [2.05, 4.69) is 4.98 Å². The first kappa shape index (κ1) is 11.3. The van der Waals surface area contributed by atoms with Crippen LogP contribution >= 0.6 is 11.8 Å². The number of nitrogen functional groups attached to an aromatic ring is 1. The Morgan fingerprint density at radius 1 is 1.57 bits per heavy atom. The topological polar surface area (TPSA) is 59.1 Å². The maximum Gasteiger partial charge on any atom is 0.119 e. The standard InChI is InChI=1S/C10H16N2OS/c1-7(5-13)6-14-10-9(11)4-3-8(2)12-10/h3-4,7,13H,5-6,11H2,1-2H3. The van der Waals surface area contributed by atoms with Gasteiger partial charge in [0.1, 0.15) is 5.03 Å². The summed E-state index contributed by atoms with van der Waals surface area (Å²) in [7, 11) is 0. The molecule has 0 radical (unpaired) electrons. The van der Waals surface area contributed by atoms with Crippen LogP contribution in [-0.4, -0.2) is 22.5 Å². The van der Waals surface area contributed by atoms with E-state index in [-0.39, 0.29) is 12.5 Å². The van der Waals surface area contributed by atoms with Crippen LogP contribution in [0.25, 0.3) is 0 Å². The van der Waals surface area contributed by atoms with Gasteiger partial charge in [0, 0.05) is 18.1 Å². The summed E-state index contributed by atoms with van der Waals surface area (Å²) in [6.07, 6.45) is 0. The molecule has 0 saturated heterocycles. The number of aryl methyl sites for hydroxylation is 1. The van der Waals surface area contributed by atoms with Gasteiger partial charge in [-0.15, -0.1) is 11.8 Å². The second-order valence-corrected chi connectivity index (χ2v) is 4.45. The van der Waals surface area contributed by atoms with Gasteiger partial charge in [-0.1, -0.05) is 6.92 Å². The molecule has 3 nitrogen and oxygen atoms in total. The summed E-state index contributed by atoms with van der Waals surface area (Å²) < 4.78 is 0. The first-order valence-electron chi connectivity index (χ1n) is 4.60. The minimum atomic E-state index is 0.207. The Morgan fingerprint density at radius 3 is 2.93 bits per heavy atom. The van der Waals surface area contributed by atoms with Crippen LogP contribution in [0.15, 0.2) is 17.2 Å². The summed E-state index contributed by atoms with van der Waals surface area (Å²) in [5, 5.41) is 9.74. The van der Waals surface area contributed by atoms with Gasteiger partial charge in [-0.25, -0.2) is 4.98 Å². The maximum atomic E-state index is 8.87. The number of hydrogen-bond donors (Lipinski definition) is 2. The molecule has 78 valence electrons. The lowest BCUT2D eigenvalue weighted by atomic mass is 10.2. The Kier molecular flexibility index (Phi) is 4.22. The number of aliphatic hydroxyl groups excluding tert-OH is 1. The first-order chi connectivity index (χ1) is 6.63. The van der Waals surface area contributed by atoms with Crippen molar-refractivity contribution in [3.63, 3.8) is 0 Å². The molecule has 0 amide bonds. The molecule has 0 saturated carbocycles. The molecule has 1 unspecified atom stereocenters. The molecule has 0 aliphatic carbocycles. The number of thioether (sulfide) groups is 1. The van der Waals surface area contributed by atoms with Crippen molar-refractivity contribution in [1.29, 1.82) is 0 Å². The highest BCUT2D eigenvalue weighted by Gasteiger charge is 2.05. The van der Waals surface area contributed by atoms with Crippen molar-refractivity contribution in [1.82, 2.24) is 4.98 Å². The van der Waals surface area contributed by atoms with Gasteiger partial charge in [-0.3, -0.25) is 0 Å². The van der Waals surface area contributed by atoms with E-state index in [9.17, 15) is 0 Å². The van der Waals surface area contributed by atoms with Gasteiger partial charge in [0.2, 0.25) is 0 Å². The van der Waals surface area contributed by atoms with Crippen molar-refractivity contribution in [2.45, 2.75) is 18.9 Å². The normalized spacial score (nSPS) is 12.8. The minimum absolute atomic E-state index is 0.207. The molecular formula is C10H16N2OS. The van der Waals surface area contributed by atoms with Crippen molar-refractivity contribution in [3.8, 4) is 0 Å². The number of aromatic nitrogens is 1. The molecule has 1 atom stereocenters. The molecule has 0 aliphatic heterocycles. The summed E-state index contributed by atoms with van der Waals surface area (Å²) in [6, 6.07) is 3.77. The van der Waals surface area contributed by atoms with Crippen molar-refractivity contribution < 1.29 is 5.11 Å². The third-order valence-corrected chi connectivity index (χ3v) is 3.18. The lowest BCUT2D eigenvalue weighted by Gasteiger charge is -2.08. The van der Waals surface area contributed by atoms with Crippen molar-refractivity contribution in [2.24, 2.45) is 5.92 Å². The highest BCUT2D eigenvalue weighted by molar-refractivity contribution is 7.99. The van der Waals surface area contributed by atoms with E-state index in [0.717, 1.165) is 16.5 Å². The van der Waals surface area contributed by atoms with Crippen LogP contribution in [0, 0.1) is 12.8 Å². The zero-order valence-corrected chi connectivity index (χ0v) is 9.34. The van der Waals surface area contributed by atoms with Crippen LogP contribution in [0.3, 0.4) is 0 Å². The van der Waals surface area contributed by atoms with E-state index in [0.29, 0.717) is 5.69 Å². The monoisotopic (exact) mass is 212 g/mol. The Hall–Kier alpha value is -0.740. The van der Waals surface area contributed by atoms with Gasteiger partial charge < -0.3 is 10.8 Å². The molecule has 0 bridgehead atoms. The highest BCUT2D eigenvalue weighted by atomic mass is 32.2. The molecule has 0 aliphatic rings. The second-order valence-electron chi connectivity index (χ2n) is 3.45. The van der Waals surface area contributed by atoms with Gasteiger partial charge in [-0.05, 0) is 25.0 Å². The number of rotatable bonds is 4. The Balaban J connectivity index is 2.62. The van der Waals surface area contributed by atoms with Crippen molar-refractivity contribution in [2.75, 3.05) is 18.1 Å². The lowest BCUT2D eigenvalue weighted by Crippen LogP contribution is -2.04. The minimum Gasteiger partial charge on any atom is -0.397 e. The average molecular weight is 212 g/mol. The summed E-state index contributed by atoms with van der Waals surface area (Å²) in [5.74, 6) is 1.12. The Labute approximate surface area is 88.7 Å². The SMILES string of the molecule is Cc1ccc(N)c(SCC(C)CO)n1. The van der Waals surface area contributed by atoms with Crippen LogP contribution in [0.1, 0.15) is 12.6 Å². The molecule has 1 aromatic heterocycles. The molecule has 1 heterocycles. The number of aliphatic hydroxyl groups is 1. The number of pyridine rings is 1. The number of nitrogens with zero attached hydrogens (tertiary/aromatic N) is 1. The lowest BCUT2D eigenvalue weighted by molar-refractivity contribution is 0.250. The van der Waals surface area contributed by atoms with E-state index in [1.54, 1.807) is 11.8 Å². The fourth-order valence-electron chi connectivity index (χ4n) is 0.933. The fraction of sp³-hybridized carbons (Fsp3) is 0.500. The fourth-order valence-corrected chi connectivity index (χ4v) is 1.92. The summed E-state index contributed by atoms with van der Waals surface area (Å²) >= 11 is 1.60. The van der Waals surface area contributed by atoms with E-state index in [1.165, 1.54) is 0 Å². The molecule has 1 rings (SSSR count). The zero-order valence-electron chi connectivity index (χ0n) is 8.53. The van der Waals surface area contributed by atoms with Gasteiger partial charge in [0.15, 0.2) is 0 Å². The second kappa shape index (κ2) is 5.22. The Bertz CT molecular complexity index is 304. The molecule has 0 spiro atoms. The highest BCUT2D eigenvalue weighted by Crippen LogP contribution is 2.24. The summed E-state index contributed by atoms with van der Waals surface area (Å²) in [4.78, 5) is 4.34. The van der Waals surface area contributed by atoms with Crippen LogP contribution in [0.5, 0.6) is 0 Å². The third-order valence-electron chi connectivity index (χ3n) is 1.85. The van der Waals surface area contributed by atoms with Gasteiger partial charge in [0.25, 0.3) is 0 Å². The number of nitrogens with two attached hydrogens (primary N) is 1. The molecular weight excluding hydrogens is 196 g/mol. The van der Waals surface area contributed by atoms with Crippen LogP contribution in [0.2, 0.25) is 0 Å². The van der Waals surface area contributed by atoms with Gasteiger partial charge >= 0.3 is 0 Å². The molecule has 0 fully saturated rings. The summed E-state index contributed by atoms with van der Waals surface area (Å²) in [6.45, 7) is 4.15. The van der Waals surface area contributed by atoms with E-state index in [1.807, 2.05) is 26.0 Å². The molecule has 0 aromatic carbocycles. The molecule has 4 heteroatoms. The first-order valence-corrected chi connectivity index (χ1v) is 5.59. The van der Waals surface area contributed by atoms with E-state index >= 15 is 0 Å². The van der Waals surface area contributed by atoms with Crippen LogP contribution in [-0.2, 0) is 0 Å². The number of hydrogen-bond acceptors (Lipinski definition) is 4. The quantitative estimate of drug-likeness (QED) is 0.746. The molecule has 3 N–H and O–H groups in total. The molecule has 14 heavy (non-hydrogen) atoms. The van der Waals surface area contributed by atoms with Crippen LogP contribution < -0.4 is 5.73 Å². The predicted molar refractivity (Wildman–Crippen MR) is 60.4 cm³/mol.